The second kappa shape index (κ2) is 4.53. The molecule has 1 N–H and O–H groups in total. The largest absolute Gasteiger partial charge is 0.705 e. The van der Waals surface area contributed by atoms with E-state index in [1.807, 2.05) is 0 Å². The van der Waals surface area contributed by atoms with E-state index in [4.69, 9.17) is 12.8 Å². The molecule has 1 rings (SSSR count). The Morgan fingerprint density at radius 3 is 2.42 bits per heavy atom. The molecule has 0 aromatic heterocycles. The van der Waals surface area contributed by atoms with E-state index in [0.717, 1.165) is 6.54 Å². The van der Waals surface area contributed by atoms with Crippen LogP contribution in [0.2, 0.25) is 0 Å². The molecule has 12 heavy (non-hydrogen) atoms. The normalized spacial score (nSPS) is 12.9. The van der Waals surface area contributed by atoms with E-state index in [1.165, 1.54) is 11.1 Å². The molecular formula is C10H14NS-. The van der Waals surface area contributed by atoms with Crippen LogP contribution in [0.1, 0.15) is 24.0 Å². The molecule has 66 valence electrons. The second-order valence-electron chi connectivity index (χ2n) is 3.16. The maximum Gasteiger partial charge on any atom is -0.00819 e. The van der Waals surface area contributed by atoms with Crippen molar-refractivity contribution in [3.63, 3.8) is 0 Å². The van der Waals surface area contributed by atoms with Crippen LogP contribution in [0.5, 0.6) is 0 Å². The molecule has 1 aromatic rings. The second-order valence-corrected chi connectivity index (χ2v) is 3.45. The van der Waals surface area contributed by atoms with Crippen LogP contribution in [0.3, 0.4) is 0 Å². The van der Waals surface area contributed by atoms with E-state index in [2.05, 4.69) is 42.8 Å². The highest BCUT2D eigenvalue weighted by molar-refractivity contribution is 7.56. The summed E-state index contributed by atoms with van der Waals surface area (Å²) in [6.07, 6.45) is 0. The molecule has 0 bridgehead atoms. The van der Waals surface area contributed by atoms with Gasteiger partial charge in [-0.3, -0.25) is 0 Å². The van der Waals surface area contributed by atoms with Crippen molar-refractivity contribution in [1.82, 2.24) is 4.72 Å². The molecule has 1 atom stereocenters. The van der Waals surface area contributed by atoms with Gasteiger partial charge in [-0.05, 0) is 24.9 Å². The summed E-state index contributed by atoms with van der Waals surface area (Å²) in [5.41, 5.74) is 2.65. The van der Waals surface area contributed by atoms with E-state index in [0.29, 0.717) is 5.92 Å². The summed E-state index contributed by atoms with van der Waals surface area (Å²) in [6.45, 7) is 5.13. The fourth-order valence-electron chi connectivity index (χ4n) is 1.14. The van der Waals surface area contributed by atoms with E-state index in [1.54, 1.807) is 0 Å². The maximum atomic E-state index is 4.70. The van der Waals surface area contributed by atoms with Gasteiger partial charge in [-0.2, -0.15) is 0 Å². The quantitative estimate of drug-likeness (QED) is 0.715. The summed E-state index contributed by atoms with van der Waals surface area (Å²) >= 11 is 4.70. The zero-order chi connectivity index (χ0) is 8.97. The zero-order valence-corrected chi connectivity index (χ0v) is 8.32. The number of nitrogens with one attached hydrogen (secondary N) is 1. The predicted octanol–water partition coefficient (Wildman–Crippen LogP) is 2.15. The average Bonchev–Trinajstić information content (AvgIpc) is 2.06. The Bertz CT molecular complexity index is 230. The maximum absolute atomic E-state index is 4.70. The third-order valence-electron chi connectivity index (χ3n) is 2.04. The van der Waals surface area contributed by atoms with E-state index in [-0.39, 0.29) is 0 Å². The minimum absolute atomic E-state index is 0.503. The molecule has 0 aliphatic carbocycles. The summed E-state index contributed by atoms with van der Waals surface area (Å²) in [7, 11) is 0. The minimum atomic E-state index is 0.503. The van der Waals surface area contributed by atoms with Crippen molar-refractivity contribution in [2.45, 2.75) is 19.8 Å². The molecule has 0 aliphatic rings. The van der Waals surface area contributed by atoms with Crippen molar-refractivity contribution in [2.24, 2.45) is 0 Å². The smallest absolute Gasteiger partial charge is 0.00819 e. The van der Waals surface area contributed by atoms with Gasteiger partial charge in [0.1, 0.15) is 0 Å². The highest BCUT2D eigenvalue weighted by Gasteiger charge is 2.00. The van der Waals surface area contributed by atoms with Gasteiger partial charge in [0.2, 0.25) is 0 Å². The topological polar surface area (TPSA) is 12.0 Å². The van der Waals surface area contributed by atoms with Gasteiger partial charge in [-0.25, -0.2) is 0 Å². The number of hydrogen-bond acceptors (Lipinski definition) is 2. The highest BCUT2D eigenvalue weighted by atomic mass is 32.1. The molecule has 1 nitrogen and oxygen atoms in total. The molecule has 2 heteroatoms. The van der Waals surface area contributed by atoms with Gasteiger partial charge < -0.3 is 17.5 Å². The first-order valence-electron chi connectivity index (χ1n) is 4.15. The van der Waals surface area contributed by atoms with E-state index in [9.17, 15) is 0 Å². The Morgan fingerprint density at radius 2 is 1.92 bits per heavy atom. The van der Waals surface area contributed by atoms with Crippen LogP contribution in [0.4, 0.5) is 0 Å². The molecule has 0 spiro atoms. The van der Waals surface area contributed by atoms with Crippen LogP contribution < -0.4 is 4.72 Å². The fraction of sp³-hybridized carbons (Fsp3) is 0.400. The summed E-state index contributed by atoms with van der Waals surface area (Å²) < 4.78 is 2.76. The Kier molecular flexibility index (Phi) is 3.63. The number of benzene rings is 1. The lowest BCUT2D eigenvalue weighted by Gasteiger charge is -2.15. The van der Waals surface area contributed by atoms with Crippen molar-refractivity contribution in [1.29, 1.82) is 0 Å². The first-order valence-corrected chi connectivity index (χ1v) is 4.56. The molecule has 0 amide bonds. The fourth-order valence-corrected chi connectivity index (χ4v) is 1.39. The molecule has 1 unspecified atom stereocenters. The summed E-state index contributed by atoms with van der Waals surface area (Å²) in [6, 6.07) is 8.59. The van der Waals surface area contributed by atoms with Crippen molar-refractivity contribution < 1.29 is 0 Å². The minimum Gasteiger partial charge on any atom is -0.705 e. The van der Waals surface area contributed by atoms with Gasteiger partial charge in [0, 0.05) is 0 Å². The Hall–Kier alpha value is -0.470. The lowest BCUT2D eigenvalue weighted by Crippen LogP contribution is -2.12. The first-order chi connectivity index (χ1) is 5.74. The first kappa shape index (κ1) is 9.62. The van der Waals surface area contributed by atoms with Gasteiger partial charge in [-0.1, -0.05) is 36.8 Å². The number of hydrogen-bond donors (Lipinski definition) is 1. The number of aryl methyl sites for hydroxylation is 1. The molecule has 0 aliphatic heterocycles. The lowest BCUT2D eigenvalue weighted by atomic mass is 10.0. The molecule has 0 saturated heterocycles. The van der Waals surface area contributed by atoms with Crippen LogP contribution in [-0.4, -0.2) is 6.54 Å². The van der Waals surface area contributed by atoms with Crippen LogP contribution in [0.25, 0.3) is 0 Å². The van der Waals surface area contributed by atoms with E-state index >= 15 is 0 Å². The van der Waals surface area contributed by atoms with Crippen molar-refractivity contribution in [3.8, 4) is 0 Å². The lowest BCUT2D eigenvalue weighted by molar-refractivity contribution is 0.743. The van der Waals surface area contributed by atoms with Gasteiger partial charge in [0.05, 0.1) is 0 Å². The molecule has 0 radical (unpaired) electrons. The summed E-state index contributed by atoms with van der Waals surface area (Å²) in [5.74, 6) is 0.503. The van der Waals surface area contributed by atoms with Crippen LogP contribution in [0, 0.1) is 6.92 Å². The Labute approximate surface area is 79.7 Å². The van der Waals surface area contributed by atoms with Crippen LogP contribution >= 0.6 is 0 Å². The van der Waals surface area contributed by atoms with Crippen molar-refractivity contribution >= 4 is 12.8 Å². The van der Waals surface area contributed by atoms with Crippen LogP contribution in [-0.2, 0) is 12.8 Å². The number of rotatable bonds is 3. The average molecular weight is 180 g/mol. The molecule has 1 aromatic carbocycles. The standard InChI is InChI=1S/C10H14NS/c1-8-3-5-10(6-4-8)9(2)7-11-12/h3-6,9,11H,7H2,1-2H3/q-1. The molecule has 0 fully saturated rings. The SMILES string of the molecule is Cc1ccc(C(C)CN[S-])cc1. The summed E-state index contributed by atoms with van der Waals surface area (Å²) in [5, 5.41) is 0. The highest BCUT2D eigenvalue weighted by Crippen LogP contribution is 2.14. The van der Waals surface area contributed by atoms with E-state index < -0.39 is 0 Å². The van der Waals surface area contributed by atoms with Crippen LogP contribution in [0.15, 0.2) is 24.3 Å². The third-order valence-corrected chi connectivity index (χ3v) is 2.20. The molecular weight excluding hydrogens is 166 g/mol. The summed E-state index contributed by atoms with van der Waals surface area (Å²) in [4.78, 5) is 0. The Morgan fingerprint density at radius 1 is 1.33 bits per heavy atom. The predicted molar refractivity (Wildman–Crippen MR) is 55.0 cm³/mol. The molecule has 0 saturated carbocycles. The Balaban J connectivity index is 2.68. The third kappa shape index (κ3) is 2.54. The van der Waals surface area contributed by atoms with Gasteiger partial charge in [-0.15, -0.1) is 0 Å². The van der Waals surface area contributed by atoms with Crippen molar-refractivity contribution in [3.05, 3.63) is 35.4 Å². The zero-order valence-electron chi connectivity index (χ0n) is 7.50. The van der Waals surface area contributed by atoms with Crippen molar-refractivity contribution in [2.75, 3.05) is 6.54 Å². The van der Waals surface area contributed by atoms with Gasteiger partial charge in [0.25, 0.3) is 0 Å². The molecule has 0 heterocycles. The van der Waals surface area contributed by atoms with Gasteiger partial charge in [0.15, 0.2) is 0 Å². The van der Waals surface area contributed by atoms with Gasteiger partial charge >= 0.3 is 0 Å². The monoisotopic (exact) mass is 180 g/mol.